The molecule has 0 unspecified atom stereocenters. The third-order valence-electron chi connectivity index (χ3n) is 2.12. The van der Waals surface area contributed by atoms with E-state index in [1.807, 2.05) is 37.3 Å². The van der Waals surface area contributed by atoms with Crippen molar-refractivity contribution in [2.24, 2.45) is 0 Å². The Kier molecular flexibility index (Phi) is 4.52. The van der Waals surface area contributed by atoms with Gasteiger partial charge in [0.1, 0.15) is 0 Å². The number of nitrogens with zero attached hydrogens (tertiary/aromatic N) is 1. The van der Waals surface area contributed by atoms with Crippen molar-refractivity contribution in [2.75, 3.05) is 13.1 Å². The van der Waals surface area contributed by atoms with Crippen LogP contribution in [0.5, 0.6) is 0 Å². The maximum atomic E-state index is 12.1. The SMILES string of the molecule is C=CCN(CC(=C)C)C(=O)c1ccccc1. The van der Waals surface area contributed by atoms with Gasteiger partial charge in [0, 0.05) is 18.7 Å². The maximum absolute atomic E-state index is 12.1. The lowest BCUT2D eigenvalue weighted by Gasteiger charge is -2.21. The predicted molar refractivity (Wildman–Crippen MR) is 67.4 cm³/mol. The summed E-state index contributed by atoms with van der Waals surface area (Å²) in [6.07, 6.45) is 1.73. The summed E-state index contributed by atoms with van der Waals surface area (Å²) >= 11 is 0. The third kappa shape index (κ3) is 3.39. The Morgan fingerprint density at radius 3 is 2.50 bits per heavy atom. The fraction of sp³-hybridized carbons (Fsp3) is 0.214. The second-order valence-electron chi connectivity index (χ2n) is 3.80. The molecular formula is C14H17NO. The molecule has 0 aliphatic heterocycles. The fourth-order valence-corrected chi connectivity index (χ4v) is 1.46. The van der Waals surface area contributed by atoms with E-state index in [0.717, 1.165) is 5.57 Å². The van der Waals surface area contributed by atoms with Crippen LogP contribution >= 0.6 is 0 Å². The Balaban J connectivity index is 2.82. The first kappa shape index (κ1) is 12.2. The highest BCUT2D eigenvalue weighted by Crippen LogP contribution is 2.06. The van der Waals surface area contributed by atoms with E-state index in [1.165, 1.54) is 0 Å². The summed E-state index contributed by atoms with van der Waals surface area (Å²) in [7, 11) is 0. The van der Waals surface area contributed by atoms with Crippen LogP contribution in [0.4, 0.5) is 0 Å². The van der Waals surface area contributed by atoms with E-state index in [4.69, 9.17) is 0 Å². The van der Waals surface area contributed by atoms with Crippen molar-refractivity contribution < 1.29 is 4.79 Å². The van der Waals surface area contributed by atoms with Crippen molar-refractivity contribution in [1.82, 2.24) is 4.90 Å². The van der Waals surface area contributed by atoms with Crippen molar-refractivity contribution in [3.8, 4) is 0 Å². The van der Waals surface area contributed by atoms with Gasteiger partial charge in [-0.1, -0.05) is 36.4 Å². The van der Waals surface area contributed by atoms with Gasteiger partial charge in [-0.05, 0) is 19.1 Å². The average Bonchev–Trinajstić information content (AvgIpc) is 2.28. The van der Waals surface area contributed by atoms with Crippen molar-refractivity contribution in [3.05, 3.63) is 60.7 Å². The summed E-state index contributed by atoms with van der Waals surface area (Å²) in [5, 5.41) is 0. The van der Waals surface area contributed by atoms with Crippen molar-refractivity contribution in [3.63, 3.8) is 0 Å². The molecule has 1 rings (SSSR count). The quantitative estimate of drug-likeness (QED) is 0.692. The molecule has 0 N–H and O–H groups in total. The molecule has 0 saturated carbocycles. The van der Waals surface area contributed by atoms with Gasteiger partial charge in [0.2, 0.25) is 0 Å². The molecule has 1 aromatic rings. The van der Waals surface area contributed by atoms with E-state index in [0.29, 0.717) is 18.7 Å². The van der Waals surface area contributed by atoms with Crippen LogP contribution in [0, 0.1) is 0 Å². The van der Waals surface area contributed by atoms with Gasteiger partial charge >= 0.3 is 0 Å². The van der Waals surface area contributed by atoms with Gasteiger partial charge in [-0.2, -0.15) is 0 Å². The van der Waals surface area contributed by atoms with Crippen molar-refractivity contribution in [1.29, 1.82) is 0 Å². The monoisotopic (exact) mass is 215 g/mol. The van der Waals surface area contributed by atoms with E-state index < -0.39 is 0 Å². The first-order chi connectivity index (χ1) is 7.65. The second kappa shape index (κ2) is 5.91. The van der Waals surface area contributed by atoms with Crippen LogP contribution in [-0.2, 0) is 0 Å². The molecule has 0 radical (unpaired) electrons. The highest BCUT2D eigenvalue weighted by atomic mass is 16.2. The summed E-state index contributed by atoms with van der Waals surface area (Å²) < 4.78 is 0. The molecule has 16 heavy (non-hydrogen) atoms. The van der Waals surface area contributed by atoms with E-state index in [-0.39, 0.29) is 5.91 Å². The largest absolute Gasteiger partial charge is 0.331 e. The van der Waals surface area contributed by atoms with E-state index >= 15 is 0 Å². The number of rotatable bonds is 5. The molecule has 0 aliphatic rings. The summed E-state index contributed by atoms with van der Waals surface area (Å²) in [5.41, 5.74) is 1.66. The minimum Gasteiger partial charge on any atom is -0.331 e. The first-order valence-electron chi connectivity index (χ1n) is 5.24. The minimum absolute atomic E-state index is 0.0171. The van der Waals surface area contributed by atoms with Gasteiger partial charge in [-0.25, -0.2) is 0 Å². The lowest BCUT2D eigenvalue weighted by atomic mass is 10.2. The van der Waals surface area contributed by atoms with E-state index in [9.17, 15) is 4.79 Å². The van der Waals surface area contributed by atoms with Crippen LogP contribution < -0.4 is 0 Å². The number of carbonyl (C=O) groups is 1. The highest BCUT2D eigenvalue weighted by molar-refractivity contribution is 5.94. The molecule has 84 valence electrons. The number of hydrogen-bond acceptors (Lipinski definition) is 1. The molecule has 2 heteroatoms. The lowest BCUT2D eigenvalue weighted by Crippen LogP contribution is -2.32. The molecule has 1 amide bonds. The van der Waals surface area contributed by atoms with Crippen LogP contribution in [0.15, 0.2) is 55.1 Å². The Morgan fingerprint density at radius 1 is 1.38 bits per heavy atom. The number of amides is 1. The third-order valence-corrected chi connectivity index (χ3v) is 2.12. The van der Waals surface area contributed by atoms with Gasteiger partial charge in [0.15, 0.2) is 0 Å². The zero-order valence-electron chi connectivity index (χ0n) is 9.65. The second-order valence-corrected chi connectivity index (χ2v) is 3.80. The van der Waals surface area contributed by atoms with Crippen LogP contribution in [0.1, 0.15) is 17.3 Å². The van der Waals surface area contributed by atoms with Gasteiger partial charge in [-0.3, -0.25) is 4.79 Å². The molecule has 1 aromatic carbocycles. The molecule has 0 atom stereocenters. The van der Waals surface area contributed by atoms with Gasteiger partial charge < -0.3 is 4.90 Å². The van der Waals surface area contributed by atoms with Crippen molar-refractivity contribution in [2.45, 2.75) is 6.92 Å². The average molecular weight is 215 g/mol. The Bertz CT molecular complexity index is 381. The molecule has 0 spiro atoms. The molecule has 0 saturated heterocycles. The lowest BCUT2D eigenvalue weighted by molar-refractivity contribution is 0.0787. The smallest absolute Gasteiger partial charge is 0.254 e. The molecule has 0 aromatic heterocycles. The summed E-state index contributed by atoms with van der Waals surface area (Å²) in [6.45, 7) is 10.5. The maximum Gasteiger partial charge on any atom is 0.254 e. The number of carbonyl (C=O) groups excluding carboxylic acids is 1. The minimum atomic E-state index is 0.0171. The van der Waals surface area contributed by atoms with Crippen molar-refractivity contribution >= 4 is 5.91 Å². The van der Waals surface area contributed by atoms with E-state index in [1.54, 1.807) is 11.0 Å². The Labute approximate surface area is 96.9 Å². The standard InChI is InChI=1S/C14H17NO/c1-4-10-15(11-12(2)3)14(16)13-8-6-5-7-9-13/h4-9H,1-2,10-11H2,3H3. The Morgan fingerprint density at radius 2 is 2.00 bits per heavy atom. The van der Waals surface area contributed by atoms with Crippen LogP contribution in [0.2, 0.25) is 0 Å². The molecule has 0 bridgehead atoms. The zero-order chi connectivity index (χ0) is 12.0. The van der Waals surface area contributed by atoms with Gasteiger partial charge in [0.25, 0.3) is 5.91 Å². The molecule has 0 heterocycles. The Hall–Kier alpha value is -1.83. The van der Waals surface area contributed by atoms with E-state index in [2.05, 4.69) is 13.2 Å². The summed E-state index contributed by atoms with van der Waals surface area (Å²) in [6, 6.07) is 9.25. The summed E-state index contributed by atoms with van der Waals surface area (Å²) in [5.74, 6) is 0.0171. The molecule has 0 aliphatic carbocycles. The fourth-order valence-electron chi connectivity index (χ4n) is 1.46. The molecular weight excluding hydrogens is 198 g/mol. The zero-order valence-corrected chi connectivity index (χ0v) is 9.65. The van der Waals surface area contributed by atoms with Gasteiger partial charge in [-0.15, -0.1) is 6.58 Å². The number of benzene rings is 1. The number of hydrogen-bond donors (Lipinski definition) is 0. The predicted octanol–water partition coefficient (Wildman–Crippen LogP) is 2.89. The van der Waals surface area contributed by atoms with Gasteiger partial charge in [0.05, 0.1) is 0 Å². The van der Waals surface area contributed by atoms with Crippen LogP contribution in [0.25, 0.3) is 0 Å². The summed E-state index contributed by atoms with van der Waals surface area (Å²) in [4.78, 5) is 13.8. The van der Waals surface area contributed by atoms with Crippen LogP contribution in [-0.4, -0.2) is 23.9 Å². The topological polar surface area (TPSA) is 20.3 Å². The highest BCUT2D eigenvalue weighted by Gasteiger charge is 2.13. The molecule has 0 fully saturated rings. The molecule has 2 nitrogen and oxygen atoms in total. The normalized spacial score (nSPS) is 9.56. The first-order valence-corrected chi connectivity index (χ1v) is 5.24. The van der Waals surface area contributed by atoms with Crippen LogP contribution in [0.3, 0.4) is 0 Å².